The second kappa shape index (κ2) is 8.51. The number of aromatic nitrogens is 5. The van der Waals surface area contributed by atoms with Gasteiger partial charge in [0, 0.05) is 31.0 Å². The molecule has 0 spiro atoms. The van der Waals surface area contributed by atoms with Crippen molar-refractivity contribution >= 4 is 16.9 Å². The SMILES string of the molecule is O=C(CCn1nnc2cc(-c3noc(C4CCCCC4)n3)ccc21)N1CCOCC1. The molecule has 30 heavy (non-hydrogen) atoms. The smallest absolute Gasteiger partial charge is 0.230 e. The number of amides is 1. The monoisotopic (exact) mass is 410 g/mol. The van der Waals surface area contributed by atoms with Crippen LogP contribution >= 0.6 is 0 Å². The van der Waals surface area contributed by atoms with Crippen LogP contribution in [0.4, 0.5) is 0 Å². The largest absolute Gasteiger partial charge is 0.378 e. The van der Waals surface area contributed by atoms with Crippen molar-refractivity contribution in [3.8, 4) is 11.4 Å². The van der Waals surface area contributed by atoms with Crippen molar-refractivity contribution in [2.45, 2.75) is 51.0 Å². The van der Waals surface area contributed by atoms with Gasteiger partial charge in [0.1, 0.15) is 5.52 Å². The van der Waals surface area contributed by atoms with Crippen LogP contribution in [0.15, 0.2) is 22.7 Å². The first-order valence-electron chi connectivity index (χ1n) is 10.8. The number of carbonyl (C=O) groups excluding carboxylic acids is 1. The zero-order valence-electron chi connectivity index (χ0n) is 17.0. The van der Waals surface area contributed by atoms with Crippen LogP contribution in [0.25, 0.3) is 22.4 Å². The third-order valence-corrected chi connectivity index (χ3v) is 6.07. The van der Waals surface area contributed by atoms with Gasteiger partial charge in [-0.1, -0.05) is 29.6 Å². The molecular formula is C21H26N6O3. The van der Waals surface area contributed by atoms with Gasteiger partial charge in [-0.3, -0.25) is 4.79 Å². The number of benzene rings is 1. The van der Waals surface area contributed by atoms with Crippen LogP contribution in [-0.2, 0) is 16.1 Å². The lowest BCUT2D eigenvalue weighted by molar-refractivity contribution is -0.135. The molecule has 1 aliphatic heterocycles. The van der Waals surface area contributed by atoms with E-state index in [4.69, 9.17) is 9.26 Å². The number of hydrogen-bond acceptors (Lipinski definition) is 7. The van der Waals surface area contributed by atoms with Gasteiger partial charge in [-0.15, -0.1) is 5.10 Å². The summed E-state index contributed by atoms with van der Waals surface area (Å²) >= 11 is 0. The number of carbonyl (C=O) groups is 1. The van der Waals surface area contributed by atoms with Gasteiger partial charge in [0.25, 0.3) is 0 Å². The fraction of sp³-hybridized carbons (Fsp3) is 0.571. The minimum Gasteiger partial charge on any atom is -0.378 e. The summed E-state index contributed by atoms with van der Waals surface area (Å²) in [6, 6.07) is 5.85. The maximum Gasteiger partial charge on any atom is 0.230 e. The fourth-order valence-corrected chi connectivity index (χ4v) is 4.32. The van der Waals surface area contributed by atoms with Crippen LogP contribution in [0.1, 0.15) is 50.3 Å². The number of rotatable bonds is 5. The Kier molecular flexibility index (Phi) is 5.44. The Hall–Kier alpha value is -2.81. The van der Waals surface area contributed by atoms with Crippen molar-refractivity contribution in [1.29, 1.82) is 0 Å². The standard InChI is InChI=1S/C21H26N6O3/c28-19(26-10-12-29-13-11-26)8-9-27-18-7-6-16(14-17(18)23-25-27)20-22-21(30-24-20)15-4-2-1-3-5-15/h6-7,14-15H,1-5,8-13H2. The summed E-state index contributed by atoms with van der Waals surface area (Å²) in [5.74, 6) is 1.85. The molecule has 2 aliphatic rings. The van der Waals surface area contributed by atoms with E-state index < -0.39 is 0 Å². The van der Waals surface area contributed by atoms with E-state index >= 15 is 0 Å². The fourth-order valence-electron chi connectivity index (χ4n) is 4.32. The molecule has 1 saturated heterocycles. The van der Waals surface area contributed by atoms with Crippen LogP contribution < -0.4 is 0 Å². The van der Waals surface area contributed by atoms with Crippen molar-refractivity contribution in [2.24, 2.45) is 0 Å². The number of nitrogens with zero attached hydrogens (tertiary/aromatic N) is 6. The molecule has 3 heterocycles. The summed E-state index contributed by atoms with van der Waals surface area (Å²) in [5, 5.41) is 12.7. The van der Waals surface area contributed by atoms with Gasteiger partial charge in [-0.25, -0.2) is 4.68 Å². The lowest BCUT2D eigenvalue weighted by atomic mass is 9.89. The Morgan fingerprint density at radius 2 is 1.97 bits per heavy atom. The summed E-state index contributed by atoms with van der Waals surface area (Å²) < 4.78 is 12.6. The molecule has 1 amide bonds. The zero-order valence-corrected chi connectivity index (χ0v) is 17.0. The van der Waals surface area contributed by atoms with Crippen molar-refractivity contribution in [3.05, 3.63) is 24.1 Å². The van der Waals surface area contributed by atoms with Crippen LogP contribution in [0.5, 0.6) is 0 Å². The first kappa shape index (κ1) is 19.2. The van der Waals surface area contributed by atoms with Crippen molar-refractivity contribution < 1.29 is 14.1 Å². The minimum atomic E-state index is 0.126. The van der Waals surface area contributed by atoms with Gasteiger partial charge < -0.3 is 14.2 Å². The van der Waals surface area contributed by atoms with E-state index in [0.717, 1.165) is 35.3 Å². The molecule has 1 saturated carbocycles. The van der Waals surface area contributed by atoms with Gasteiger partial charge in [0.15, 0.2) is 0 Å². The number of hydrogen-bond donors (Lipinski definition) is 0. The number of morpholine rings is 1. The number of aryl methyl sites for hydroxylation is 1. The molecule has 0 bridgehead atoms. The molecule has 2 fully saturated rings. The van der Waals surface area contributed by atoms with Gasteiger partial charge in [-0.05, 0) is 31.0 Å². The molecule has 3 aromatic rings. The lowest BCUT2D eigenvalue weighted by Crippen LogP contribution is -2.41. The van der Waals surface area contributed by atoms with Crippen LogP contribution in [0.3, 0.4) is 0 Å². The first-order valence-corrected chi connectivity index (χ1v) is 10.8. The lowest BCUT2D eigenvalue weighted by Gasteiger charge is -2.26. The quantitative estimate of drug-likeness (QED) is 0.638. The highest BCUT2D eigenvalue weighted by molar-refractivity contribution is 5.80. The van der Waals surface area contributed by atoms with Gasteiger partial charge in [-0.2, -0.15) is 4.98 Å². The van der Waals surface area contributed by atoms with Gasteiger partial charge >= 0.3 is 0 Å². The molecule has 0 unspecified atom stereocenters. The van der Waals surface area contributed by atoms with Crippen molar-refractivity contribution in [2.75, 3.05) is 26.3 Å². The van der Waals surface area contributed by atoms with Crippen molar-refractivity contribution in [1.82, 2.24) is 30.0 Å². The highest BCUT2D eigenvalue weighted by Crippen LogP contribution is 2.32. The third kappa shape index (κ3) is 3.94. The molecule has 9 nitrogen and oxygen atoms in total. The maximum absolute atomic E-state index is 12.4. The Bertz CT molecular complexity index is 1020. The summed E-state index contributed by atoms with van der Waals surface area (Å²) in [7, 11) is 0. The highest BCUT2D eigenvalue weighted by Gasteiger charge is 2.22. The molecule has 2 aromatic heterocycles. The second-order valence-electron chi connectivity index (χ2n) is 8.05. The zero-order chi connectivity index (χ0) is 20.3. The predicted molar refractivity (Wildman–Crippen MR) is 109 cm³/mol. The van der Waals surface area contributed by atoms with E-state index in [-0.39, 0.29) is 5.91 Å². The van der Waals surface area contributed by atoms with E-state index in [1.807, 2.05) is 23.1 Å². The number of fused-ring (bicyclic) bond motifs is 1. The highest BCUT2D eigenvalue weighted by atomic mass is 16.5. The molecular weight excluding hydrogens is 384 g/mol. The van der Waals surface area contributed by atoms with Crippen LogP contribution in [0.2, 0.25) is 0 Å². The topological polar surface area (TPSA) is 99.2 Å². The predicted octanol–water partition coefficient (Wildman–Crippen LogP) is 2.78. The number of ether oxygens (including phenoxy) is 1. The molecule has 5 rings (SSSR count). The Labute approximate surface area is 174 Å². The maximum atomic E-state index is 12.4. The minimum absolute atomic E-state index is 0.126. The summed E-state index contributed by atoms with van der Waals surface area (Å²) in [5.41, 5.74) is 2.52. The summed E-state index contributed by atoms with van der Waals surface area (Å²) in [6.45, 7) is 3.04. The van der Waals surface area contributed by atoms with Gasteiger partial charge in [0.2, 0.25) is 17.6 Å². The van der Waals surface area contributed by atoms with Crippen molar-refractivity contribution in [3.63, 3.8) is 0 Å². The molecule has 158 valence electrons. The van der Waals surface area contributed by atoms with Crippen LogP contribution in [0, 0.1) is 0 Å². The molecule has 1 aromatic carbocycles. The second-order valence-corrected chi connectivity index (χ2v) is 8.05. The molecule has 0 radical (unpaired) electrons. The third-order valence-electron chi connectivity index (χ3n) is 6.07. The van der Waals surface area contributed by atoms with E-state index in [9.17, 15) is 4.79 Å². The normalized spacial score (nSPS) is 18.2. The first-order chi connectivity index (χ1) is 14.8. The summed E-state index contributed by atoms with van der Waals surface area (Å²) in [4.78, 5) is 18.9. The molecule has 9 heteroatoms. The van der Waals surface area contributed by atoms with E-state index in [1.54, 1.807) is 4.68 Å². The average molecular weight is 410 g/mol. The molecule has 0 N–H and O–H groups in total. The Morgan fingerprint density at radius 1 is 1.13 bits per heavy atom. The Morgan fingerprint density at radius 3 is 2.80 bits per heavy atom. The average Bonchev–Trinajstić information content (AvgIpc) is 3.46. The molecule has 0 atom stereocenters. The van der Waals surface area contributed by atoms with E-state index in [2.05, 4.69) is 20.5 Å². The molecule has 1 aliphatic carbocycles. The van der Waals surface area contributed by atoms with Gasteiger partial charge in [0.05, 0.1) is 25.3 Å². The van der Waals surface area contributed by atoms with E-state index in [1.165, 1.54) is 19.3 Å². The Balaban J connectivity index is 1.28. The summed E-state index contributed by atoms with van der Waals surface area (Å²) in [6.07, 6.45) is 6.39. The van der Waals surface area contributed by atoms with E-state index in [0.29, 0.717) is 51.0 Å². The van der Waals surface area contributed by atoms with Crippen LogP contribution in [-0.4, -0.2) is 62.2 Å².